The van der Waals surface area contributed by atoms with E-state index in [2.05, 4.69) is 15.1 Å². The molecule has 4 rings (SSSR count). The average Bonchev–Trinajstić information content (AvgIpc) is 3.02. The average molecular weight is 424 g/mol. The monoisotopic (exact) mass is 424 g/mol. The summed E-state index contributed by atoms with van der Waals surface area (Å²) in [5.74, 6) is -10.3. The summed E-state index contributed by atoms with van der Waals surface area (Å²) in [6.45, 7) is 9.28. The molecule has 0 aliphatic heterocycles. The second-order valence-electron chi connectivity index (χ2n) is 8.23. The molecule has 2 aromatic rings. The highest BCUT2D eigenvalue weighted by Gasteiger charge is 2.71. The molecule has 1 amide bonds. The van der Waals surface area contributed by atoms with Crippen molar-refractivity contribution in [2.45, 2.75) is 56.4 Å². The summed E-state index contributed by atoms with van der Waals surface area (Å²) < 4.78 is 60.4. The number of carbonyl (C=O) groups is 1. The second-order valence-corrected chi connectivity index (χ2v) is 8.23. The normalized spacial score (nSPS) is 23.2. The third-order valence-corrected chi connectivity index (χ3v) is 6.22. The molecular weight excluding hydrogens is 404 g/mol. The maximum atomic E-state index is 13.6. The largest absolute Gasteiger partial charge is 0.496 e. The Hall–Kier alpha value is -2.83. The minimum Gasteiger partial charge on any atom is -0.496 e. The lowest BCUT2D eigenvalue weighted by Crippen LogP contribution is -2.59. The molecule has 2 aliphatic rings. The predicted molar refractivity (Wildman–Crippen MR) is 101 cm³/mol. The Balaban J connectivity index is 1.69. The number of aromatic nitrogens is 2. The van der Waals surface area contributed by atoms with E-state index in [1.54, 1.807) is 10.6 Å². The molecule has 1 unspecified atom stereocenters. The SMILES string of the molecule is [C-]#[N+]c1cc(OC)c2nc(NC(=O)CC3CC(F)(F)C3(F)F)n(C3(C)CCC3)c2c1. The number of hydrogen-bond donors (Lipinski definition) is 1. The van der Waals surface area contributed by atoms with Crippen LogP contribution in [0.4, 0.5) is 29.2 Å². The van der Waals surface area contributed by atoms with Crippen LogP contribution in [-0.2, 0) is 10.3 Å². The van der Waals surface area contributed by atoms with Crippen LogP contribution in [0.2, 0.25) is 0 Å². The van der Waals surface area contributed by atoms with Crippen LogP contribution in [0.5, 0.6) is 5.75 Å². The van der Waals surface area contributed by atoms with Crippen molar-refractivity contribution in [3.63, 3.8) is 0 Å². The fourth-order valence-electron chi connectivity index (χ4n) is 4.24. The molecule has 160 valence electrons. The first-order valence-corrected chi connectivity index (χ1v) is 9.56. The number of methoxy groups -OCH3 is 1. The van der Waals surface area contributed by atoms with Crippen LogP contribution in [-0.4, -0.2) is 34.4 Å². The molecule has 1 aromatic heterocycles. The predicted octanol–water partition coefficient (Wildman–Crippen LogP) is 5.11. The van der Waals surface area contributed by atoms with E-state index in [1.807, 2.05) is 6.92 Å². The van der Waals surface area contributed by atoms with Crippen molar-refractivity contribution >= 4 is 28.6 Å². The van der Waals surface area contributed by atoms with Gasteiger partial charge < -0.3 is 9.30 Å². The Morgan fingerprint density at radius 2 is 2.07 bits per heavy atom. The van der Waals surface area contributed by atoms with Gasteiger partial charge in [-0.1, -0.05) is 0 Å². The summed E-state index contributed by atoms with van der Waals surface area (Å²) in [4.78, 5) is 20.3. The number of alkyl halides is 4. The Labute approximate surface area is 170 Å². The number of ether oxygens (including phenoxy) is 1. The Morgan fingerprint density at radius 1 is 1.37 bits per heavy atom. The van der Waals surface area contributed by atoms with Crippen LogP contribution in [0.1, 0.15) is 39.0 Å². The second kappa shape index (κ2) is 6.59. The number of nitrogens with zero attached hydrogens (tertiary/aromatic N) is 3. The van der Waals surface area contributed by atoms with Crippen LogP contribution in [0.3, 0.4) is 0 Å². The molecule has 0 saturated heterocycles. The van der Waals surface area contributed by atoms with E-state index in [9.17, 15) is 22.4 Å². The number of imidazole rings is 1. The summed E-state index contributed by atoms with van der Waals surface area (Å²) in [6.07, 6.45) is 0.820. The lowest BCUT2D eigenvalue weighted by atomic mass is 9.74. The summed E-state index contributed by atoms with van der Waals surface area (Å²) in [5, 5.41) is 2.53. The molecule has 1 N–H and O–H groups in total. The van der Waals surface area contributed by atoms with Crippen LogP contribution >= 0.6 is 0 Å². The number of nitrogens with one attached hydrogen (secondary N) is 1. The third-order valence-electron chi connectivity index (χ3n) is 6.22. The molecule has 2 fully saturated rings. The number of benzene rings is 1. The molecule has 1 aromatic carbocycles. The van der Waals surface area contributed by atoms with E-state index in [0.29, 0.717) is 22.5 Å². The zero-order chi connectivity index (χ0) is 21.9. The van der Waals surface area contributed by atoms with Crippen molar-refractivity contribution in [3.8, 4) is 5.75 Å². The molecule has 0 bridgehead atoms. The Morgan fingerprint density at radius 3 is 2.57 bits per heavy atom. The third kappa shape index (κ3) is 2.90. The smallest absolute Gasteiger partial charge is 0.313 e. The van der Waals surface area contributed by atoms with Gasteiger partial charge >= 0.3 is 11.8 Å². The van der Waals surface area contributed by atoms with Crippen molar-refractivity contribution in [2.75, 3.05) is 12.4 Å². The zero-order valence-corrected chi connectivity index (χ0v) is 16.4. The zero-order valence-electron chi connectivity index (χ0n) is 16.4. The molecular formula is C20H20F4N4O2. The number of anilines is 1. The van der Waals surface area contributed by atoms with Crippen LogP contribution in [0.25, 0.3) is 15.9 Å². The highest BCUT2D eigenvalue weighted by atomic mass is 19.3. The van der Waals surface area contributed by atoms with Crippen molar-refractivity contribution in [1.82, 2.24) is 9.55 Å². The fourth-order valence-corrected chi connectivity index (χ4v) is 4.24. The van der Waals surface area contributed by atoms with E-state index in [0.717, 1.165) is 19.3 Å². The number of fused-ring (bicyclic) bond motifs is 1. The van der Waals surface area contributed by atoms with Crippen LogP contribution < -0.4 is 10.1 Å². The summed E-state index contributed by atoms with van der Waals surface area (Å²) in [5.41, 5.74) is 0.959. The van der Waals surface area contributed by atoms with Gasteiger partial charge in [-0.25, -0.2) is 9.83 Å². The van der Waals surface area contributed by atoms with Gasteiger partial charge in [0.05, 0.1) is 19.2 Å². The van der Waals surface area contributed by atoms with Gasteiger partial charge in [0.1, 0.15) is 11.3 Å². The lowest BCUT2D eigenvalue weighted by molar-refractivity contribution is -0.313. The number of hydrogen-bond acceptors (Lipinski definition) is 3. The molecule has 6 nitrogen and oxygen atoms in total. The van der Waals surface area contributed by atoms with Gasteiger partial charge in [-0.2, -0.15) is 17.6 Å². The van der Waals surface area contributed by atoms with Crippen molar-refractivity contribution in [3.05, 3.63) is 23.5 Å². The van der Waals surface area contributed by atoms with Crippen molar-refractivity contribution in [1.29, 1.82) is 0 Å². The highest BCUT2D eigenvalue weighted by molar-refractivity contribution is 5.94. The first-order valence-electron chi connectivity index (χ1n) is 9.56. The highest BCUT2D eigenvalue weighted by Crippen LogP contribution is 2.56. The summed E-state index contributed by atoms with van der Waals surface area (Å²) >= 11 is 0. The molecule has 2 saturated carbocycles. The molecule has 10 heteroatoms. The van der Waals surface area contributed by atoms with Crippen molar-refractivity contribution < 1.29 is 27.1 Å². The standard InChI is InChI=1S/C20H20F4N4O2/c1-18(5-4-6-18)28-13-8-12(25-2)9-14(30-3)16(13)27-17(28)26-15(29)7-11-10-19(21,22)20(11,23)24/h8-9,11H,4-7,10H2,1,3H3,(H,26,27,29). The number of rotatable bonds is 5. The number of carbonyl (C=O) groups excluding carboxylic acids is 1. The van der Waals surface area contributed by atoms with Gasteiger partial charge in [0, 0.05) is 24.3 Å². The van der Waals surface area contributed by atoms with E-state index in [4.69, 9.17) is 11.3 Å². The number of amides is 1. The minimum absolute atomic E-state index is 0.132. The summed E-state index contributed by atoms with van der Waals surface area (Å²) in [7, 11) is 1.43. The molecule has 0 radical (unpaired) electrons. The quantitative estimate of drug-likeness (QED) is 0.536. The van der Waals surface area contributed by atoms with Gasteiger partial charge in [-0.05, 0) is 38.3 Å². The van der Waals surface area contributed by atoms with Gasteiger partial charge in [0.15, 0.2) is 5.69 Å². The Kier molecular flexibility index (Phi) is 4.49. The van der Waals surface area contributed by atoms with E-state index in [-0.39, 0.29) is 11.5 Å². The minimum atomic E-state index is -4.20. The topological polar surface area (TPSA) is 60.5 Å². The van der Waals surface area contributed by atoms with Crippen LogP contribution in [0, 0.1) is 12.5 Å². The van der Waals surface area contributed by atoms with Gasteiger partial charge in [-0.15, -0.1) is 0 Å². The van der Waals surface area contributed by atoms with E-state index >= 15 is 0 Å². The molecule has 2 aliphatic carbocycles. The Bertz CT molecular complexity index is 1070. The fraction of sp³-hybridized carbons (Fsp3) is 0.550. The van der Waals surface area contributed by atoms with Crippen LogP contribution in [0.15, 0.2) is 12.1 Å². The molecule has 1 heterocycles. The van der Waals surface area contributed by atoms with E-state index < -0.39 is 36.5 Å². The van der Waals surface area contributed by atoms with Gasteiger partial charge in [0.25, 0.3) is 0 Å². The van der Waals surface area contributed by atoms with Crippen molar-refractivity contribution in [2.24, 2.45) is 5.92 Å². The van der Waals surface area contributed by atoms with E-state index in [1.165, 1.54) is 13.2 Å². The first-order chi connectivity index (χ1) is 14.0. The molecule has 0 spiro atoms. The first kappa shape index (κ1) is 20.4. The lowest BCUT2D eigenvalue weighted by Gasteiger charge is -2.43. The summed E-state index contributed by atoms with van der Waals surface area (Å²) in [6, 6.07) is 3.16. The maximum Gasteiger partial charge on any atom is 0.313 e. The number of halogens is 4. The maximum absolute atomic E-state index is 13.6. The van der Waals surface area contributed by atoms with Gasteiger partial charge in [-0.3, -0.25) is 10.1 Å². The van der Waals surface area contributed by atoms with Gasteiger partial charge in [0.2, 0.25) is 11.9 Å². The molecule has 30 heavy (non-hydrogen) atoms. The molecule has 1 atom stereocenters.